The number of aromatic hydroxyl groups is 1. The Hall–Kier alpha value is -2.14. The normalized spacial score (nSPS) is 22.4. The molecule has 3 unspecified atom stereocenters. The lowest BCUT2D eigenvalue weighted by Gasteiger charge is -2.30. The molecule has 0 spiro atoms. The number of fused-ring (bicyclic) bond motifs is 2. The average molecular weight is 535 g/mol. The Morgan fingerprint density at radius 2 is 1.90 bits per heavy atom. The van der Waals surface area contributed by atoms with Crippen LogP contribution in [-0.4, -0.2) is 34.3 Å². The number of methoxy groups -OCH3 is 1. The summed E-state index contributed by atoms with van der Waals surface area (Å²) in [5.41, 5.74) is 1.28. The molecule has 2 amide bonds. The fourth-order valence-corrected chi connectivity index (χ4v) is 7.35. The first-order chi connectivity index (χ1) is 14.9. The Balaban J connectivity index is 1.65. The van der Waals surface area contributed by atoms with Crippen LogP contribution in [-0.2, 0) is 9.59 Å². The number of amides is 2. The second kappa shape index (κ2) is 7.77. The number of anilines is 1. The minimum atomic E-state index is -0.608. The van der Waals surface area contributed by atoms with Crippen LogP contribution < -0.4 is 9.64 Å². The zero-order chi connectivity index (χ0) is 21.9. The van der Waals surface area contributed by atoms with Crippen LogP contribution in [0.25, 0.3) is 0 Å². The molecule has 1 fully saturated rings. The minimum Gasteiger partial charge on any atom is -0.504 e. The molecule has 3 atom stereocenters. The van der Waals surface area contributed by atoms with E-state index in [0.717, 1.165) is 19.9 Å². The van der Waals surface area contributed by atoms with Gasteiger partial charge in [-0.15, -0.1) is 11.3 Å². The fraction of sp³-hybridized carbons (Fsp3) is 0.190. The van der Waals surface area contributed by atoms with Gasteiger partial charge >= 0.3 is 0 Å². The number of halogens is 1. The van der Waals surface area contributed by atoms with Crippen LogP contribution in [0.4, 0.5) is 5.69 Å². The molecule has 3 aromatic rings. The lowest BCUT2D eigenvalue weighted by molar-refractivity contribution is -0.122. The zero-order valence-corrected chi connectivity index (χ0v) is 20.0. The lowest BCUT2D eigenvalue weighted by atomic mass is 9.83. The smallest absolute Gasteiger partial charge is 0.248 e. The summed E-state index contributed by atoms with van der Waals surface area (Å²) >= 11 is 11.5. The molecule has 2 aromatic carbocycles. The van der Waals surface area contributed by atoms with Gasteiger partial charge in [0.25, 0.3) is 0 Å². The van der Waals surface area contributed by atoms with Crippen LogP contribution in [0.2, 0.25) is 0 Å². The SMILES string of the molecule is COc1ccc(C2c3sc(=S)[nH]c3SC3C(=O)N(c4ccc(Br)cc4)C(=O)C32)cc1O. The van der Waals surface area contributed by atoms with E-state index in [9.17, 15) is 14.7 Å². The van der Waals surface area contributed by atoms with Crippen LogP contribution in [0.15, 0.2) is 52.0 Å². The van der Waals surface area contributed by atoms with E-state index >= 15 is 0 Å². The Kier molecular flexibility index (Phi) is 5.20. The molecule has 2 aliphatic rings. The first-order valence-electron chi connectivity index (χ1n) is 9.29. The largest absolute Gasteiger partial charge is 0.504 e. The van der Waals surface area contributed by atoms with Gasteiger partial charge in [0.15, 0.2) is 15.5 Å². The van der Waals surface area contributed by atoms with E-state index in [-0.39, 0.29) is 17.6 Å². The third-order valence-corrected chi connectivity index (χ3v) is 8.75. The summed E-state index contributed by atoms with van der Waals surface area (Å²) in [6.45, 7) is 0. The van der Waals surface area contributed by atoms with Gasteiger partial charge in [-0.3, -0.25) is 9.59 Å². The van der Waals surface area contributed by atoms with E-state index in [0.29, 0.717) is 15.4 Å². The number of H-pyrrole nitrogens is 1. The van der Waals surface area contributed by atoms with Gasteiger partial charge in [-0.2, -0.15) is 0 Å². The van der Waals surface area contributed by atoms with Crippen molar-refractivity contribution in [2.24, 2.45) is 5.92 Å². The number of nitrogens with zero attached hydrogens (tertiary/aromatic N) is 1. The van der Waals surface area contributed by atoms with Crippen LogP contribution in [0.1, 0.15) is 16.4 Å². The molecular weight excluding hydrogens is 520 g/mol. The predicted octanol–water partition coefficient (Wildman–Crippen LogP) is 5.08. The molecule has 0 radical (unpaired) electrons. The summed E-state index contributed by atoms with van der Waals surface area (Å²) in [6, 6.07) is 12.2. The van der Waals surface area contributed by atoms with Crippen molar-refractivity contribution in [3.05, 3.63) is 61.3 Å². The molecule has 1 saturated heterocycles. The standard InChI is InChI=1S/C21H15BrN2O4S3/c1-28-13-7-2-9(8-12(13)25)14-15-17(30-18-16(14)31-21(29)23-18)20(27)24(19(15)26)11-5-3-10(22)4-6-11/h2-8,14-15,17,25H,1H3,(H,23,29). The van der Waals surface area contributed by atoms with Gasteiger partial charge in [0.2, 0.25) is 11.8 Å². The number of thioether (sulfide) groups is 1. The van der Waals surface area contributed by atoms with Crippen molar-refractivity contribution in [3.8, 4) is 11.5 Å². The van der Waals surface area contributed by atoms with E-state index in [1.165, 1.54) is 35.1 Å². The van der Waals surface area contributed by atoms with E-state index in [2.05, 4.69) is 20.9 Å². The minimum absolute atomic E-state index is 0.0167. The lowest BCUT2D eigenvalue weighted by Crippen LogP contribution is -2.32. The Morgan fingerprint density at radius 3 is 2.58 bits per heavy atom. The van der Waals surface area contributed by atoms with Crippen molar-refractivity contribution in [3.63, 3.8) is 0 Å². The fourth-order valence-electron chi connectivity index (χ4n) is 4.12. The second-order valence-electron chi connectivity index (χ2n) is 7.17. The predicted molar refractivity (Wildman–Crippen MR) is 126 cm³/mol. The molecular formula is C21H15BrN2O4S3. The van der Waals surface area contributed by atoms with Gasteiger partial charge < -0.3 is 14.8 Å². The topological polar surface area (TPSA) is 82.6 Å². The van der Waals surface area contributed by atoms with Crippen LogP contribution in [0.3, 0.4) is 0 Å². The molecule has 10 heteroatoms. The number of hydrogen-bond acceptors (Lipinski definition) is 7. The van der Waals surface area contributed by atoms with Crippen molar-refractivity contribution < 1.29 is 19.4 Å². The number of thiazole rings is 1. The monoisotopic (exact) mass is 534 g/mol. The highest BCUT2D eigenvalue weighted by Gasteiger charge is 2.56. The molecule has 6 nitrogen and oxygen atoms in total. The number of hydrogen-bond donors (Lipinski definition) is 2. The maximum atomic E-state index is 13.6. The Bertz CT molecular complexity index is 1270. The van der Waals surface area contributed by atoms with Gasteiger partial charge in [0, 0.05) is 15.3 Å². The molecule has 5 rings (SSSR count). The average Bonchev–Trinajstić information content (AvgIpc) is 3.23. The van der Waals surface area contributed by atoms with Gasteiger partial charge in [0.05, 0.1) is 23.7 Å². The summed E-state index contributed by atoms with van der Waals surface area (Å²) in [7, 11) is 1.48. The number of nitrogens with one attached hydrogen (secondary N) is 1. The summed E-state index contributed by atoms with van der Waals surface area (Å²) in [4.78, 5) is 32.3. The highest BCUT2D eigenvalue weighted by molar-refractivity contribution is 9.10. The zero-order valence-electron chi connectivity index (χ0n) is 16.0. The first kappa shape index (κ1) is 20.7. The van der Waals surface area contributed by atoms with Crippen molar-refractivity contribution >= 4 is 68.7 Å². The van der Waals surface area contributed by atoms with E-state index in [1.54, 1.807) is 36.4 Å². The second-order valence-corrected chi connectivity index (χ2v) is 11.0. The van der Waals surface area contributed by atoms with Gasteiger partial charge in [-0.1, -0.05) is 33.8 Å². The number of phenolic OH excluding ortho intramolecular Hbond substituents is 1. The highest BCUT2D eigenvalue weighted by Crippen LogP contribution is 2.54. The molecule has 1 aromatic heterocycles. The maximum absolute atomic E-state index is 13.6. The molecule has 3 heterocycles. The summed E-state index contributed by atoms with van der Waals surface area (Å²) in [5.74, 6) is -1.19. The van der Waals surface area contributed by atoms with E-state index in [1.807, 2.05) is 6.07 Å². The molecule has 0 aliphatic carbocycles. The Morgan fingerprint density at radius 1 is 1.16 bits per heavy atom. The molecule has 2 N–H and O–H groups in total. The molecule has 2 aliphatic heterocycles. The van der Waals surface area contributed by atoms with Crippen molar-refractivity contribution in [2.45, 2.75) is 16.2 Å². The summed E-state index contributed by atoms with van der Waals surface area (Å²) in [6.07, 6.45) is 0. The summed E-state index contributed by atoms with van der Waals surface area (Å²) in [5, 5.41) is 10.6. The summed E-state index contributed by atoms with van der Waals surface area (Å²) < 4.78 is 6.61. The first-order valence-corrected chi connectivity index (χ1v) is 12.2. The van der Waals surface area contributed by atoms with Gasteiger partial charge in [0.1, 0.15) is 5.25 Å². The number of carbonyl (C=O) groups is 2. The van der Waals surface area contributed by atoms with Gasteiger partial charge in [-0.05, 0) is 54.2 Å². The molecule has 31 heavy (non-hydrogen) atoms. The van der Waals surface area contributed by atoms with E-state index < -0.39 is 17.1 Å². The molecule has 158 valence electrons. The highest BCUT2D eigenvalue weighted by atomic mass is 79.9. The van der Waals surface area contributed by atoms with Gasteiger partial charge in [-0.25, -0.2) is 4.90 Å². The molecule has 0 bridgehead atoms. The van der Waals surface area contributed by atoms with Crippen LogP contribution >= 0.6 is 51.2 Å². The number of phenols is 1. The number of aromatic amines is 1. The number of imide groups is 1. The van der Waals surface area contributed by atoms with Crippen LogP contribution in [0.5, 0.6) is 11.5 Å². The Labute approximate surface area is 199 Å². The van der Waals surface area contributed by atoms with Crippen molar-refractivity contribution in [2.75, 3.05) is 12.0 Å². The molecule has 0 saturated carbocycles. The van der Waals surface area contributed by atoms with E-state index in [4.69, 9.17) is 17.0 Å². The number of rotatable bonds is 3. The number of benzene rings is 2. The third kappa shape index (κ3) is 3.32. The third-order valence-electron chi connectivity index (χ3n) is 5.47. The maximum Gasteiger partial charge on any atom is 0.248 e. The quantitative estimate of drug-likeness (QED) is 0.360. The number of ether oxygens (including phenoxy) is 1. The number of aromatic nitrogens is 1. The number of carbonyl (C=O) groups excluding carboxylic acids is 2. The van der Waals surface area contributed by atoms with Crippen LogP contribution in [0, 0.1) is 9.87 Å². The van der Waals surface area contributed by atoms with Crippen molar-refractivity contribution in [1.82, 2.24) is 4.98 Å². The van der Waals surface area contributed by atoms with Crippen molar-refractivity contribution in [1.29, 1.82) is 0 Å².